The van der Waals surface area contributed by atoms with E-state index in [1.165, 1.54) is 0 Å². The first kappa shape index (κ1) is 15.3. The van der Waals surface area contributed by atoms with Crippen molar-refractivity contribution in [1.29, 1.82) is 0 Å². The van der Waals surface area contributed by atoms with Crippen LogP contribution in [0.1, 0.15) is 25.7 Å². The second kappa shape index (κ2) is 6.15. The highest BCUT2D eigenvalue weighted by Gasteiger charge is 2.28. The summed E-state index contributed by atoms with van der Waals surface area (Å²) in [6.07, 6.45) is 3.94. The summed E-state index contributed by atoms with van der Waals surface area (Å²) < 4.78 is 53.0. The molecular weight excluding hydrogens is 286 g/mol. The predicted octanol–water partition coefficient (Wildman–Crippen LogP) is 1.76. The van der Waals surface area contributed by atoms with E-state index < -0.39 is 32.6 Å². The molecule has 112 valence electrons. The zero-order valence-electron chi connectivity index (χ0n) is 11.0. The van der Waals surface area contributed by atoms with E-state index in [0.717, 1.165) is 37.8 Å². The zero-order chi connectivity index (χ0) is 14.8. The number of sulfonamides is 1. The lowest BCUT2D eigenvalue weighted by atomic mass is 9.99. The number of benzene rings is 1. The summed E-state index contributed by atoms with van der Waals surface area (Å²) in [5.41, 5.74) is 5.62. The highest BCUT2D eigenvalue weighted by Crippen LogP contribution is 2.28. The Bertz CT molecular complexity index is 551. The molecule has 2 rings (SSSR count). The molecule has 7 heteroatoms. The number of halogens is 2. The fraction of sp³-hybridized carbons (Fsp3) is 0.538. The fourth-order valence-electron chi connectivity index (χ4n) is 2.65. The van der Waals surface area contributed by atoms with E-state index in [1.54, 1.807) is 0 Å². The van der Waals surface area contributed by atoms with Crippen LogP contribution < -0.4 is 10.5 Å². The van der Waals surface area contributed by atoms with Crippen LogP contribution >= 0.6 is 0 Å². The molecule has 4 nitrogen and oxygen atoms in total. The van der Waals surface area contributed by atoms with Crippen molar-refractivity contribution < 1.29 is 17.2 Å². The smallest absolute Gasteiger partial charge is 0.241 e. The second-order valence-corrected chi connectivity index (χ2v) is 6.83. The molecule has 0 bridgehead atoms. The van der Waals surface area contributed by atoms with Crippen LogP contribution in [0.2, 0.25) is 0 Å². The van der Waals surface area contributed by atoms with Crippen LogP contribution in [-0.2, 0) is 10.0 Å². The van der Waals surface area contributed by atoms with Gasteiger partial charge in [-0.25, -0.2) is 21.9 Å². The lowest BCUT2D eigenvalue weighted by molar-refractivity contribution is 0.405. The predicted molar refractivity (Wildman–Crippen MR) is 71.5 cm³/mol. The lowest BCUT2D eigenvalue weighted by Crippen LogP contribution is -2.44. The first-order valence-electron chi connectivity index (χ1n) is 6.61. The van der Waals surface area contributed by atoms with Gasteiger partial charge >= 0.3 is 0 Å². The van der Waals surface area contributed by atoms with Crippen LogP contribution in [0.25, 0.3) is 0 Å². The molecule has 1 saturated carbocycles. The molecule has 1 aromatic carbocycles. The summed E-state index contributed by atoms with van der Waals surface area (Å²) >= 11 is 0. The summed E-state index contributed by atoms with van der Waals surface area (Å²) in [5.74, 6) is -1.65. The van der Waals surface area contributed by atoms with Crippen molar-refractivity contribution in [3.05, 3.63) is 29.8 Å². The van der Waals surface area contributed by atoms with Crippen LogP contribution in [0, 0.1) is 17.6 Å². The van der Waals surface area contributed by atoms with Crippen LogP contribution in [0.5, 0.6) is 0 Å². The van der Waals surface area contributed by atoms with Crippen LogP contribution in [0.3, 0.4) is 0 Å². The van der Waals surface area contributed by atoms with E-state index in [9.17, 15) is 17.2 Å². The molecule has 20 heavy (non-hydrogen) atoms. The minimum Gasteiger partial charge on any atom is -0.329 e. The Hall–Kier alpha value is -1.05. The van der Waals surface area contributed by atoms with E-state index in [2.05, 4.69) is 4.72 Å². The van der Waals surface area contributed by atoms with Crippen molar-refractivity contribution in [2.24, 2.45) is 11.7 Å². The second-order valence-electron chi connectivity index (χ2n) is 5.11. The Morgan fingerprint density at radius 2 is 1.75 bits per heavy atom. The molecule has 0 spiro atoms. The van der Waals surface area contributed by atoms with Gasteiger partial charge in [-0.15, -0.1) is 0 Å². The maximum Gasteiger partial charge on any atom is 0.241 e. The number of rotatable bonds is 5. The van der Waals surface area contributed by atoms with Crippen molar-refractivity contribution in [2.75, 3.05) is 6.54 Å². The standard InChI is InChI=1S/C13H18F2N2O2S/c14-10-5-11(15)7-12(6-10)20(18,19)17-13(8-16)9-3-1-2-4-9/h5-7,9,13,17H,1-4,8,16H2. The normalized spacial score (nSPS) is 18.4. The third-order valence-electron chi connectivity index (χ3n) is 3.68. The van der Waals surface area contributed by atoms with E-state index in [4.69, 9.17) is 5.73 Å². The Balaban J connectivity index is 2.20. The quantitative estimate of drug-likeness (QED) is 0.870. The molecule has 0 saturated heterocycles. The largest absolute Gasteiger partial charge is 0.329 e. The van der Waals surface area contributed by atoms with Crippen LogP contribution in [0.4, 0.5) is 8.78 Å². The van der Waals surface area contributed by atoms with Gasteiger partial charge < -0.3 is 5.73 Å². The maximum atomic E-state index is 13.1. The average molecular weight is 304 g/mol. The minimum absolute atomic E-state index is 0.168. The number of hydrogen-bond acceptors (Lipinski definition) is 3. The fourth-order valence-corrected chi connectivity index (χ4v) is 4.01. The zero-order valence-corrected chi connectivity index (χ0v) is 11.8. The third-order valence-corrected chi connectivity index (χ3v) is 5.15. The molecule has 1 fully saturated rings. The Kier molecular flexibility index (Phi) is 4.72. The molecule has 0 radical (unpaired) electrons. The molecule has 3 N–H and O–H groups in total. The summed E-state index contributed by atoms with van der Waals surface area (Å²) in [4.78, 5) is -0.411. The van der Waals surface area contributed by atoms with Crippen molar-refractivity contribution in [3.63, 3.8) is 0 Å². The SMILES string of the molecule is NCC(NS(=O)(=O)c1cc(F)cc(F)c1)C1CCCC1. The Labute approximate surface area is 117 Å². The van der Waals surface area contributed by atoms with Crippen molar-refractivity contribution >= 4 is 10.0 Å². The molecule has 1 unspecified atom stereocenters. The Morgan fingerprint density at radius 3 is 2.25 bits per heavy atom. The van der Waals surface area contributed by atoms with Gasteiger partial charge in [0.2, 0.25) is 10.0 Å². The molecule has 1 aliphatic rings. The summed E-state index contributed by atoms with van der Waals surface area (Å²) in [6.45, 7) is 0.168. The van der Waals surface area contributed by atoms with Gasteiger partial charge in [0.1, 0.15) is 11.6 Å². The van der Waals surface area contributed by atoms with Crippen molar-refractivity contribution in [3.8, 4) is 0 Å². The number of nitrogens with one attached hydrogen (secondary N) is 1. The van der Waals surface area contributed by atoms with Crippen LogP contribution in [0.15, 0.2) is 23.1 Å². The van der Waals surface area contributed by atoms with Crippen molar-refractivity contribution in [1.82, 2.24) is 4.72 Å². The van der Waals surface area contributed by atoms with Crippen molar-refractivity contribution in [2.45, 2.75) is 36.6 Å². The van der Waals surface area contributed by atoms with E-state index >= 15 is 0 Å². The van der Waals surface area contributed by atoms with Crippen LogP contribution in [-0.4, -0.2) is 21.0 Å². The van der Waals surface area contributed by atoms with Gasteiger partial charge in [-0.3, -0.25) is 0 Å². The van der Waals surface area contributed by atoms with E-state index in [0.29, 0.717) is 6.07 Å². The first-order valence-corrected chi connectivity index (χ1v) is 8.09. The molecule has 0 amide bonds. The average Bonchev–Trinajstić information content (AvgIpc) is 2.88. The molecular formula is C13H18F2N2O2S. The van der Waals surface area contributed by atoms with Gasteiger partial charge in [0.25, 0.3) is 0 Å². The minimum atomic E-state index is -3.96. The molecule has 1 aromatic rings. The first-order chi connectivity index (χ1) is 9.42. The van der Waals surface area contributed by atoms with Gasteiger partial charge in [-0.05, 0) is 30.9 Å². The molecule has 1 aliphatic carbocycles. The highest BCUT2D eigenvalue weighted by molar-refractivity contribution is 7.89. The summed E-state index contributed by atoms with van der Waals surface area (Å²) in [5, 5.41) is 0. The van der Waals surface area contributed by atoms with E-state index in [1.807, 2.05) is 0 Å². The van der Waals surface area contributed by atoms with E-state index in [-0.39, 0.29) is 12.5 Å². The maximum absolute atomic E-state index is 13.1. The van der Waals surface area contributed by atoms with Gasteiger partial charge in [0, 0.05) is 18.7 Å². The third kappa shape index (κ3) is 3.53. The number of nitrogens with two attached hydrogens (primary N) is 1. The van der Waals surface area contributed by atoms with Gasteiger partial charge in [0.05, 0.1) is 4.90 Å². The monoisotopic (exact) mass is 304 g/mol. The Morgan fingerprint density at radius 1 is 1.20 bits per heavy atom. The summed E-state index contributed by atoms with van der Waals surface area (Å²) in [7, 11) is -3.96. The lowest BCUT2D eigenvalue weighted by Gasteiger charge is -2.23. The summed E-state index contributed by atoms with van der Waals surface area (Å²) in [6, 6.07) is 1.84. The van der Waals surface area contributed by atoms with Gasteiger partial charge in [0.15, 0.2) is 0 Å². The topological polar surface area (TPSA) is 72.2 Å². The highest BCUT2D eigenvalue weighted by atomic mass is 32.2. The molecule has 0 heterocycles. The molecule has 0 aliphatic heterocycles. The molecule has 0 aromatic heterocycles. The molecule has 1 atom stereocenters. The van der Waals surface area contributed by atoms with Gasteiger partial charge in [-0.1, -0.05) is 12.8 Å². The van der Waals surface area contributed by atoms with Gasteiger partial charge in [-0.2, -0.15) is 0 Å². The number of hydrogen-bond donors (Lipinski definition) is 2.